The summed E-state index contributed by atoms with van der Waals surface area (Å²) in [4.78, 5) is 13.7. The van der Waals surface area contributed by atoms with Crippen LogP contribution >= 0.6 is 24.0 Å². The van der Waals surface area contributed by atoms with Crippen LogP contribution in [0.15, 0.2) is 29.2 Å². The first-order chi connectivity index (χ1) is 7.58. The van der Waals surface area contributed by atoms with Gasteiger partial charge >= 0.3 is 0 Å². The third-order valence-corrected chi connectivity index (χ3v) is 3.66. The Morgan fingerprint density at radius 1 is 1.38 bits per heavy atom. The summed E-state index contributed by atoms with van der Waals surface area (Å²) in [7, 11) is 1.66. The van der Waals surface area contributed by atoms with Gasteiger partial charge in [0.1, 0.15) is 10.1 Å². The van der Waals surface area contributed by atoms with Gasteiger partial charge in [-0.1, -0.05) is 36.1 Å². The van der Waals surface area contributed by atoms with Crippen molar-refractivity contribution in [2.75, 3.05) is 7.05 Å². The maximum Gasteiger partial charge on any atom is 0.265 e. The van der Waals surface area contributed by atoms with E-state index in [1.807, 2.05) is 0 Å². The first-order valence-corrected chi connectivity index (χ1v) is 5.81. The molecule has 3 nitrogen and oxygen atoms in total. The van der Waals surface area contributed by atoms with Crippen molar-refractivity contribution in [2.24, 2.45) is 0 Å². The highest BCUT2D eigenvalue weighted by Crippen LogP contribution is 2.31. The molecule has 0 radical (unpaired) electrons. The van der Waals surface area contributed by atoms with Crippen LogP contribution in [0.25, 0.3) is 6.08 Å². The predicted molar refractivity (Wildman–Crippen MR) is 69.0 cm³/mol. The predicted octanol–water partition coefficient (Wildman–Crippen LogP) is 2.22. The van der Waals surface area contributed by atoms with Crippen molar-refractivity contribution in [3.8, 4) is 5.75 Å². The molecule has 1 fully saturated rings. The van der Waals surface area contributed by atoms with Gasteiger partial charge in [-0.25, -0.2) is 0 Å². The number of hydrogen-bond acceptors (Lipinski definition) is 4. The molecule has 0 unspecified atom stereocenters. The number of thioether (sulfide) groups is 1. The van der Waals surface area contributed by atoms with E-state index in [-0.39, 0.29) is 11.7 Å². The molecule has 2 rings (SSSR count). The summed E-state index contributed by atoms with van der Waals surface area (Å²) >= 11 is 6.31. The van der Waals surface area contributed by atoms with E-state index in [0.717, 1.165) is 5.56 Å². The lowest BCUT2D eigenvalue weighted by molar-refractivity contribution is -0.121. The normalized spacial score (nSPS) is 18.6. The van der Waals surface area contributed by atoms with Crippen LogP contribution in [0.4, 0.5) is 0 Å². The van der Waals surface area contributed by atoms with Crippen LogP contribution in [0, 0.1) is 0 Å². The van der Waals surface area contributed by atoms with Crippen molar-refractivity contribution in [2.45, 2.75) is 0 Å². The second kappa shape index (κ2) is 4.27. The van der Waals surface area contributed by atoms with Crippen LogP contribution < -0.4 is 0 Å². The molecule has 1 saturated heterocycles. The average Bonchev–Trinajstić information content (AvgIpc) is 2.50. The molecule has 1 heterocycles. The van der Waals surface area contributed by atoms with Gasteiger partial charge in [0.2, 0.25) is 0 Å². The molecule has 1 aromatic carbocycles. The Morgan fingerprint density at radius 3 is 2.50 bits per heavy atom. The van der Waals surface area contributed by atoms with Gasteiger partial charge in [0.25, 0.3) is 5.91 Å². The van der Waals surface area contributed by atoms with Gasteiger partial charge < -0.3 is 5.11 Å². The molecule has 1 aliphatic rings. The van der Waals surface area contributed by atoms with Crippen LogP contribution in [0.5, 0.6) is 5.75 Å². The molecule has 1 amide bonds. The number of nitrogens with zero attached hydrogens (tertiary/aromatic N) is 1. The molecule has 5 heteroatoms. The minimum atomic E-state index is -0.0805. The van der Waals surface area contributed by atoms with E-state index in [1.165, 1.54) is 16.7 Å². The van der Waals surface area contributed by atoms with Gasteiger partial charge in [0.05, 0.1) is 4.91 Å². The number of phenolic OH excluding ortho intramolecular Hbond substituents is 1. The second-order valence-corrected chi connectivity index (χ2v) is 5.01. The maximum atomic E-state index is 11.7. The van der Waals surface area contributed by atoms with Gasteiger partial charge in [-0.05, 0) is 23.8 Å². The molecule has 1 aromatic rings. The van der Waals surface area contributed by atoms with E-state index in [9.17, 15) is 4.79 Å². The van der Waals surface area contributed by atoms with Crippen molar-refractivity contribution in [3.63, 3.8) is 0 Å². The summed E-state index contributed by atoms with van der Waals surface area (Å²) in [5.74, 6) is 0.128. The fraction of sp³-hybridized carbons (Fsp3) is 0.0909. The zero-order valence-corrected chi connectivity index (χ0v) is 10.1. The standard InChI is InChI=1S/C11H9NO2S2/c1-12-10(14)9(16-11(12)15)6-7-2-4-8(13)5-3-7/h2-6,13H,1H3/b9-6-. The highest BCUT2D eigenvalue weighted by atomic mass is 32.2. The van der Waals surface area contributed by atoms with E-state index in [2.05, 4.69) is 0 Å². The van der Waals surface area contributed by atoms with E-state index in [4.69, 9.17) is 17.3 Å². The molecule has 1 aliphatic heterocycles. The van der Waals surface area contributed by atoms with Crippen molar-refractivity contribution < 1.29 is 9.90 Å². The minimum absolute atomic E-state index is 0.0805. The molecule has 0 bridgehead atoms. The zero-order valence-electron chi connectivity index (χ0n) is 8.51. The number of amides is 1. The van der Waals surface area contributed by atoms with Crippen LogP contribution in [0.2, 0.25) is 0 Å². The highest BCUT2D eigenvalue weighted by molar-refractivity contribution is 8.26. The van der Waals surface area contributed by atoms with Crippen LogP contribution in [0.1, 0.15) is 5.56 Å². The number of phenols is 1. The zero-order chi connectivity index (χ0) is 11.7. The first kappa shape index (κ1) is 11.2. The molecule has 0 saturated carbocycles. The summed E-state index contributed by atoms with van der Waals surface area (Å²) in [5.41, 5.74) is 0.867. The number of aromatic hydroxyl groups is 1. The molecule has 0 aromatic heterocycles. The molecular weight excluding hydrogens is 242 g/mol. The number of hydrogen-bond donors (Lipinski definition) is 1. The Morgan fingerprint density at radius 2 is 2.00 bits per heavy atom. The number of carbonyl (C=O) groups excluding carboxylic acids is 1. The Hall–Kier alpha value is -1.33. The smallest absolute Gasteiger partial charge is 0.265 e. The molecule has 16 heavy (non-hydrogen) atoms. The summed E-state index contributed by atoms with van der Waals surface area (Å²) in [5, 5.41) is 9.13. The SMILES string of the molecule is CN1C(=O)/C(=C/c2ccc(O)cc2)SC1=S. The van der Waals surface area contributed by atoms with Gasteiger partial charge in [-0.15, -0.1) is 0 Å². The number of rotatable bonds is 1. The highest BCUT2D eigenvalue weighted by Gasteiger charge is 2.28. The Labute approximate surface area is 103 Å². The second-order valence-electron chi connectivity index (χ2n) is 3.33. The molecule has 0 spiro atoms. The number of carbonyl (C=O) groups is 1. The van der Waals surface area contributed by atoms with Crippen molar-refractivity contribution >= 4 is 40.3 Å². The molecule has 0 atom stereocenters. The lowest BCUT2D eigenvalue weighted by Crippen LogP contribution is -2.22. The topological polar surface area (TPSA) is 40.5 Å². The third-order valence-electron chi connectivity index (χ3n) is 2.18. The molecular formula is C11H9NO2S2. The molecule has 0 aliphatic carbocycles. The van der Waals surface area contributed by atoms with Crippen LogP contribution in [-0.2, 0) is 4.79 Å². The van der Waals surface area contributed by atoms with Crippen molar-refractivity contribution in [3.05, 3.63) is 34.7 Å². The number of thiocarbonyl (C=S) groups is 1. The van der Waals surface area contributed by atoms with E-state index < -0.39 is 0 Å². The van der Waals surface area contributed by atoms with Gasteiger partial charge in [0.15, 0.2) is 0 Å². The largest absolute Gasteiger partial charge is 0.508 e. The lowest BCUT2D eigenvalue weighted by Gasteiger charge is -2.03. The quantitative estimate of drug-likeness (QED) is 0.614. The summed E-state index contributed by atoms with van der Waals surface area (Å²) < 4.78 is 0.565. The van der Waals surface area contributed by atoms with E-state index in [1.54, 1.807) is 37.4 Å². The van der Waals surface area contributed by atoms with Gasteiger partial charge in [0, 0.05) is 7.05 Å². The molecule has 1 N–H and O–H groups in total. The summed E-state index contributed by atoms with van der Waals surface area (Å²) in [6.07, 6.45) is 1.77. The maximum absolute atomic E-state index is 11.7. The van der Waals surface area contributed by atoms with Gasteiger partial charge in [-0.3, -0.25) is 9.69 Å². The van der Waals surface area contributed by atoms with E-state index in [0.29, 0.717) is 9.23 Å². The summed E-state index contributed by atoms with van der Waals surface area (Å²) in [6.45, 7) is 0. The molecule has 82 valence electrons. The fourth-order valence-corrected chi connectivity index (χ4v) is 2.45. The van der Waals surface area contributed by atoms with Crippen molar-refractivity contribution in [1.29, 1.82) is 0 Å². The third kappa shape index (κ3) is 2.10. The van der Waals surface area contributed by atoms with Crippen LogP contribution in [-0.4, -0.2) is 27.3 Å². The Balaban J connectivity index is 2.29. The fourth-order valence-electron chi connectivity index (χ4n) is 1.27. The Kier molecular flexibility index (Phi) is 2.98. The van der Waals surface area contributed by atoms with Crippen LogP contribution in [0.3, 0.4) is 0 Å². The first-order valence-electron chi connectivity index (χ1n) is 4.58. The average molecular weight is 251 g/mol. The van der Waals surface area contributed by atoms with Crippen molar-refractivity contribution in [1.82, 2.24) is 4.90 Å². The lowest BCUT2D eigenvalue weighted by atomic mass is 10.2. The Bertz CT molecular complexity index is 479. The van der Waals surface area contributed by atoms with E-state index >= 15 is 0 Å². The summed E-state index contributed by atoms with van der Waals surface area (Å²) in [6, 6.07) is 6.66. The number of likely N-dealkylation sites (N-methyl/N-ethyl adjacent to an activating group) is 1. The number of benzene rings is 1. The monoisotopic (exact) mass is 251 g/mol. The minimum Gasteiger partial charge on any atom is -0.508 e. The van der Waals surface area contributed by atoms with Gasteiger partial charge in [-0.2, -0.15) is 0 Å².